The number of benzene rings is 1. The van der Waals surface area contributed by atoms with E-state index in [-0.39, 0.29) is 0 Å². The molecule has 0 radical (unpaired) electrons. The van der Waals surface area contributed by atoms with Crippen molar-refractivity contribution < 1.29 is 52.1 Å². The Morgan fingerprint density at radius 3 is 0.850 bits per heavy atom. The number of nitrogens with two attached hydrogens (primary N) is 1. The van der Waals surface area contributed by atoms with Gasteiger partial charge in [-0.1, -0.05) is 18.2 Å². The van der Waals surface area contributed by atoms with E-state index >= 15 is 0 Å². The fraction of sp³-hybridized carbons (Fsp3) is 0.786. The van der Waals surface area contributed by atoms with Crippen LogP contribution in [-0.4, -0.2) is 145 Å². The number of hydrogen-bond donors (Lipinski definition) is 1. The third kappa shape index (κ3) is 28.1. The van der Waals surface area contributed by atoms with Gasteiger partial charge in [-0.3, -0.25) is 0 Å². The van der Waals surface area contributed by atoms with Crippen molar-refractivity contribution >= 4 is 0 Å². The Hall–Kier alpha value is -1.42. The Balaban J connectivity index is 1.62. The Kier molecular flexibility index (Phi) is 29.4. The summed E-state index contributed by atoms with van der Waals surface area (Å²) < 4.78 is 59.8. The summed E-state index contributed by atoms with van der Waals surface area (Å²) in [6, 6.07) is 9.67. The summed E-state index contributed by atoms with van der Waals surface area (Å²) in [5.41, 5.74) is 5.32. The first kappa shape index (κ1) is 36.6. The molecule has 40 heavy (non-hydrogen) atoms. The zero-order chi connectivity index (χ0) is 28.4. The van der Waals surface area contributed by atoms with Gasteiger partial charge in [-0.25, -0.2) is 0 Å². The highest BCUT2D eigenvalue weighted by atomic mass is 16.6. The molecule has 2 N–H and O–H groups in total. The van der Waals surface area contributed by atoms with Gasteiger partial charge in [0.1, 0.15) is 12.4 Å². The molecule has 0 aromatic heterocycles. The number of para-hydroxylation sites is 1. The van der Waals surface area contributed by atoms with Crippen LogP contribution in [-0.2, 0) is 47.4 Å². The summed E-state index contributed by atoms with van der Waals surface area (Å²) in [6.45, 7) is 11.6. The van der Waals surface area contributed by atoms with Gasteiger partial charge in [-0.15, -0.1) is 0 Å². The van der Waals surface area contributed by atoms with Gasteiger partial charge in [-0.2, -0.15) is 0 Å². The molecule has 0 saturated heterocycles. The average Bonchev–Trinajstić information content (AvgIpc) is 2.98. The second-order valence-corrected chi connectivity index (χ2v) is 8.07. The summed E-state index contributed by atoms with van der Waals surface area (Å²) in [6.07, 6.45) is 0. The summed E-state index contributed by atoms with van der Waals surface area (Å²) in [7, 11) is 0. The van der Waals surface area contributed by atoms with Crippen molar-refractivity contribution in [3.8, 4) is 5.75 Å². The fourth-order valence-electron chi connectivity index (χ4n) is 2.90. The second-order valence-electron chi connectivity index (χ2n) is 8.07. The molecule has 0 heterocycles. The molecule has 1 rings (SSSR count). The molecular formula is C28H51NO11. The zero-order valence-electron chi connectivity index (χ0n) is 24.0. The first-order valence-electron chi connectivity index (χ1n) is 14.1. The molecule has 0 aliphatic carbocycles. The molecule has 12 nitrogen and oxygen atoms in total. The highest BCUT2D eigenvalue weighted by Gasteiger charge is 1.96. The van der Waals surface area contributed by atoms with Crippen molar-refractivity contribution in [3.63, 3.8) is 0 Å². The molecule has 0 amide bonds. The molecule has 0 aliphatic heterocycles. The molecule has 0 fully saturated rings. The molecule has 0 atom stereocenters. The van der Waals surface area contributed by atoms with E-state index in [1.165, 1.54) is 0 Å². The van der Waals surface area contributed by atoms with Crippen molar-refractivity contribution in [1.82, 2.24) is 0 Å². The lowest BCUT2D eigenvalue weighted by Gasteiger charge is -2.09. The average molecular weight is 578 g/mol. The van der Waals surface area contributed by atoms with E-state index in [2.05, 4.69) is 0 Å². The molecule has 0 spiro atoms. The molecule has 12 heteroatoms. The van der Waals surface area contributed by atoms with Gasteiger partial charge >= 0.3 is 0 Å². The van der Waals surface area contributed by atoms with E-state index in [4.69, 9.17) is 57.8 Å². The standard InChI is InChI=1S/C28H51NO11/c29-6-7-30-8-9-31-10-11-32-12-13-33-14-15-34-16-17-35-18-19-36-20-21-37-22-23-38-24-25-39-26-27-40-28-4-2-1-3-5-28/h1-5H,6-27,29H2. The van der Waals surface area contributed by atoms with Crippen molar-refractivity contribution in [1.29, 1.82) is 0 Å². The maximum atomic E-state index is 5.55. The van der Waals surface area contributed by atoms with Crippen molar-refractivity contribution in [2.75, 3.05) is 145 Å². The lowest BCUT2D eigenvalue weighted by atomic mass is 10.3. The van der Waals surface area contributed by atoms with Gasteiger partial charge in [0.05, 0.1) is 132 Å². The molecule has 0 aliphatic rings. The third-order valence-corrected chi connectivity index (χ3v) is 4.85. The van der Waals surface area contributed by atoms with E-state index in [1.807, 2.05) is 30.3 Å². The molecule has 0 unspecified atom stereocenters. The predicted molar refractivity (Wildman–Crippen MR) is 149 cm³/mol. The summed E-state index contributed by atoms with van der Waals surface area (Å²) in [5.74, 6) is 0.845. The van der Waals surface area contributed by atoms with E-state index in [0.29, 0.717) is 145 Å². The molecule has 1 aromatic carbocycles. The lowest BCUT2D eigenvalue weighted by Crippen LogP contribution is -2.15. The largest absolute Gasteiger partial charge is 0.491 e. The normalized spacial score (nSPS) is 11.3. The molecular weight excluding hydrogens is 526 g/mol. The minimum atomic E-state index is 0.515. The summed E-state index contributed by atoms with van der Waals surface area (Å²) in [5, 5.41) is 0. The van der Waals surface area contributed by atoms with Crippen LogP contribution >= 0.6 is 0 Å². The Morgan fingerprint density at radius 1 is 0.325 bits per heavy atom. The van der Waals surface area contributed by atoms with E-state index < -0.39 is 0 Å². The van der Waals surface area contributed by atoms with Gasteiger partial charge < -0.3 is 57.8 Å². The SMILES string of the molecule is NCCOCCOCCOCCOCCOCCOCCOCCOCCOCCOCCOc1ccccc1. The fourth-order valence-corrected chi connectivity index (χ4v) is 2.90. The first-order valence-corrected chi connectivity index (χ1v) is 14.1. The van der Waals surface area contributed by atoms with Gasteiger partial charge in [0.25, 0.3) is 0 Å². The van der Waals surface area contributed by atoms with Crippen LogP contribution in [0.4, 0.5) is 0 Å². The van der Waals surface area contributed by atoms with Crippen LogP contribution in [0.5, 0.6) is 5.75 Å². The van der Waals surface area contributed by atoms with Crippen LogP contribution in [0.25, 0.3) is 0 Å². The maximum Gasteiger partial charge on any atom is 0.119 e. The topological polar surface area (TPSA) is 128 Å². The Morgan fingerprint density at radius 2 is 0.575 bits per heavy atom. The third-order valence-electron chi connectivity index (χ3n) is 4.85. The van der Waals surface area contributed by atoms with Crippen molar-refractivity contribution in [2.24, 2.45) is 5.73 Å². The van der Waals surface area contributed by atoms with Crippen LogP contribution in [0.3, 0.4) is 0 Å². The number of ether oxygens (including phenoxy) is 11. The number of hydrogen-bond acceptors (Lipinski definition) is 12. The predicted octanol–water partition coefficient (Wildman–Crippen LogP) is 1.19. The van der Waals surface area contributed by atoms with Crippen LogP contribution in [0.15, 0.2) is 30.3 Å². The van der Waals surface area contributed by atoms with Crippen LogP contribution in [0.1, 0.15) is 0 Å². The number of rotatable bonds is 33. The van der Waals surface area contributed by atoms with Gasteiger partial charge in [0.2, 0.25) is 0 Å². The van der Waals surface area contributed by atoms with Gasteiger partial charge in [0.15, 0.2) is 0 Å². The Labute approximate surface area is 239 Å². The molecule has 1 aromatic rings. The van der Waals surface area contributed by atoms with Gasteiger partial charge in [0, 0.05) is 6.54 Å². The minimum Gasteiger partial charge on any atom is -0.491 e. The van der Waals surface area contributed by atoms with Crippen LogP contribution in [0.2, 0.25) is 0 Å². The smallest absolute Gasteiger partial charge is 0.119 e. The highest BCUT2D eigenvalue weighted by Crippen LogP contribution is 2.07. The highest BCUT2D eigenvalue weighted by molar-refractivity contribution is 5.20. The van der Waals surface area contributed by atoms with Crippen molar-refractivity contribution in [3.05, 3.63) is 30.3 Å². The molecule has 0 saturated carbocycles. The summed E-state index contributed by atoms with van der Waals surface area (Å²) >= 11 is 0. The van der Waals surface area contributed by atoms with Crippen LogP contribution < -0.4 is 10.5 Å². The van der Waals surface area contributed by atoms with E-state index in [9.17, 15) is 0 Å². The monoisotopic (exact) mass is 577 g/mol. The Bertz CT molecular complexity index is 601. The molecule has 234 valence electrons. The summed E-state index contributed by atoms with van der Waals surface area (Å²) in [4.78, 5) is 0. The quantitative estimate of drug-likeness (QED) is 0.121. The zero-order valence-corrected chi connectivity index (χ0v) is 24.0. The lowest BCUT2D eigenvalue weighted by molar-refractivity contribution is -0.0266. The van der Waals surface area contributed by atoms with E-state index in [1.54, 1.807) is 0 Å². The maximum absolute atomic E-state index is 5.55. The minimum absolute atomic E-state index is 0.515. The van der Waals surface area contributed by atoms with Crippen LogP contribution in [0, 0.1) is 0 Å². The van der Waals surface area contributed by atoms with Gasteiger partial charge in [-0.05, 0) is 12.1 Å². The molecule has 0 bridgehead atoms. The first-order chi connectivity index (χ1) is 19.9. The van der Waals surface area contributed by atoms with E-state index in [0.717, 1.165) is 5.75 Å². The van der Waals surface area contributed by atoms with Crippen molar-refractivity contribution in [2.45, 2.75) is 0 Å². The second kappa shape index (κ2) is 32.1.